The first kappa shape index (κ1) is 23.8. The van der Waals surface area contributed by atoms with E-state index in [9.17, 15) is 19.2 Å². The molecule has 0 spiro atoms. The average molecular weight is 378 g/mol. The largest absolute Gasteiger partial charge is 0.462 e. The van der Waals surface area contributed by atoms with Gasteiger partial charge < -0.3 is 28.4 Å². The highest BCUT2D eigenvalue weighted by atomic mass is 16.6. The molecule has 10 heteroatoms. The molecule has 0 radical (unpaired) electrons. The molecule has 0 aliphatic carbocycles. The van der Waals surface area contributed by atoms with Gasteiger partial charge in [-0.2, -0.15) is 0 Å². The van der Waals surface area contributed by atoms with Gasteiger partial charge in [0.05, 0.1) is 6.61 Å². The van der Waals surface area contributed by atoms with Crippen molar-refractivity contribution < 1.29 is 47.6 Å². The number of carbonyl (C=O) groups excluding carboxylic acids is 4. The molecule has 0 N–H and O–H groups in total. The molecular weight excluding hydrogens is 352 g/mol. The summed E-state index contributed by atoms with van der Waals surface area (Å²) in [4.78, 5) is 45.4. The van der Waals surface area contributed by atoms with Crippen molar-refractivity contribution in [3.8, 4) is 0 Å². The quantitative estimate of drug-likeness (QED) is 0.358. The Morgan fingerprint density at radius 1 is 0.654 bits per heavy atom. The number of hydrogen-bond acceptors (Lipinski definition) is 10. The Labute approximate surface area is 152 Å². The van der Waals surface area contributed by atoms with Gasteiger partial charge in [0.1, 0.15) is 12.7 Å². The van der Waals surface area contributed by atoms with Crippen LogP contribution in [0.4, 0.5) is 0 Å². The van der Waals surface area contributed by atoms with Crippen molar-refractivity contribution in [1.29, 1.82) is 0 Å². The molecule has 0 amide bonds. The molecular formula is C16H26O10. The normalized spacial score (nSPS) is 15.2. The van der Waals surface area contributed by atoms with Gasteiger partial charge in [-0.3, -0.25) is 19.2 Å². The molecule has 0 bridgehead atoms. The van der Waals surface area contributed by atoms with Gasteiger partial charge in [-0.05, 0) is 0 Å². The summed E-state index contributed by atoms with van der Waals surface area (Å²) in [7, 11) is 2.68. The summed E-state index contributed by atoms with van der Waals surface area (Å²) in [5.41, 5.74) is 0. The van der Waals surface area contributed by atoms with E-state index in [0.717, 1.165) is 13.8 Å². The van der Waals surface area contributed by atoms with Crippen LogP contribution < -0.4 is 0 Å². The first-order valence-corrected chi connectivity index (χ1v) is 7.79. The Balaban J connectivity index is 5.74. The fraction of sp³-hybridized carbons (Fsp3) is 0.750. The van der Waals surface area contributed by atoms with E-state index in [-0.39, 0.29) is 13.2 Å². The molecule has 26 heavy (non-hydrogen) atoms. The van der Waals surface area contributed by atoms with Crippen molar-refractivity contribution in [1.82, 2.24) is 0 Å². The summed E-state index contributed by atoms with van der Waals surface area (Å²) >= 11 is 0. The third kappa shape index (κ3) is 9.33. The van der Waals surface area contributed by atoms with Crippen LogP contribution >= 0.6 is 0 Å². The lowest BCUT2D eigenvalue weighted by Crippen LogP contribution is -2.53. The van der Waals surface area contributed by atoms with E-state index in [1.54, 1.807) is 0 Å². The van der Waals surface area contributed by atoms with Crippen molar-refractivity contribution in [2.75, 3.05) is 27.4 Å². The summed E-state index contributed by atoms with van der Waals surface area (Å²) in [5.74, 6) is -2.62. The van der Waals surface area contributed by atoms with Gasteiger partial charge in [-0.25, -0.2) is 0 Å². The Morgan fingerprint density at radius 2 is 1.12 bits per heavy atom. The van der Waals surface area contributed by atoms with Crippen molar-refractivity contribution in [2.45, 2.75) is 52.1 Å². The first-order chi connectivity index (χ1) is 12.1. The Kier molecular flexibility index (Phi) is 11.2. The summed E-state index contributed by atoms with van der Waals surface area (Å²) in [6.07, 6.45) is -4.43. The van der Waals surface area contributed by atoms with Crippen molar-refractivity contribution in [3.63, 3.8) is 0 Å². The van der Waals surface area contributed by atoms with Crippen LogP contribution in [0.15, 0.2) is 0 Å². The summed E-state index contributed by atoms with van der Waals surface area (Å²) in [6.45, 7) is 4.20. The maximum Gasteiger partial charge on any atom is 0.303 e. The lowest BCUT2D eigenvalue weighted by Gasteiger charge is -2.34. The molecule has 0 aromatic carbocycles. The summed E-state index contributed by atoms with van der Waals surface area (Å²) < 4.78 is 30.7. The Morgan fingerprint density at radius 3 is 1.46 bits per heavy atom. The van der Waals surface area contributed by atoms with Crippen LogP contribution in [-0.2, 0) is 47.6 Å². The third-order valence-electron chi connectivity index (χ3n) is 3.05. The SMILES string of the molecule is COC[C@H](OC(C)=O)[C@H](OC)[C@@H](OC(C)=O)[C@H](COC(C)=O)OC(C)=O. The molecule has 0 aromatic rings. The van der Waals surface area contributed by atoms with E-state index in [4.69, 9.17) is 28.4 Å². The van der Waals surface area contributed by atoms with Crippen LogP contribution in [-0.4, -0.2) is 75.7 Å². The van der Waals surface area contributed by atoms with Crippen molar-refractivity contribution in [2.24, 2.45) is 0 Å². The highest BCUT2D eigenvalue weighted by Crippen LogP contribution is 2.19. The number of carbonyl (C=O) groups is 4. The molecule has 0 saturated heterocycles. The zero-order valence-corrected chi connectivity index (χ0v) is 15.8. The number of esters is 4. The molecule has 0 aromatic heterocycles. The first-order valence-electron chi connectivity index (χ1n) is 7.79. The van der Waals surface area contributed by atoms with Gasteiger partial charge >= 0.3 is 23.9 Å². The second-order valence-electron chi connectivity index (χ2n) is 5.33. The van der Waals surface area contributed by atoms with E-state index in [1.165, 1.54) is 28.1 Å². The van der Waals surface area contributed by atoms with E-state index in [2.05, 4.69) is 0 Å². The smallest absolute Gasteiger partial charge is 0.303 e. The van der Waals surface area contributed by atoms with E-state index in [0.29, 0.717) is 0 Å². The monoisotopic (exact) mass is 378 g/mol. The minimum Gasteiger partial charge on any atom is -0.462 e. The van der Waals surface area contributed by atoms with Crippen LogP contribution in [0.25, 0.3) is 0 Å². The molecule has 0 unspecified atom stereocenters. The molecule has 0 rings (SSSR count). The maximum absolute atomic E-state index is 11.5. The van der Waals surface area contributed by atoms with Gasteiger partial charge in [0.25, 0.3) is 0 Å². The number of hydrogen-bond donors (Lipinski definition) is 0. The summed E-state index contributed by atoms with van der Waals surface area (Å²) in [6, 6.07) is 0. The molecule has 0 heterocycles. The van der Waals surface area contributed by atoms with Gasteiger partial charge in [0, 0.05) is 41.9 Å². The Bertz CT molecular complexity index is 489. The fourth-order valence-electron chi connectivity index (χ4n) is 2.23. The van der Waals surface area contributed by atoms with Crippen molar-refractivity contribution >= 4 is 23.9 Å². The van der Waals surface area contributed by atoms with Gasteiger partial charge in [0.15, 0.2) is 18.3 Å². The minimum atomic E-state index is -1.22. The molecule has 0 aliphatic rings. The minimum absolute atomic E-state index is 0.0732. The van der Waals surface area contributed by atoms with E-state index in [1.807, 2.05) is 0 Å². The van der Waals surface area contributed by atoms with Crippen LogP contribution in [0.5, 0.6) is 0 Å². The number of ether oxygens (including phenoxy) is 6. The lowest BCUT2D eigenvalue weighted by molar-refractivity contribution is -0.199. The van der Waals surface area contributed by atoms with Crippen LogP contribution in [0, 0.1) is 0 Å². The molecule has 10 nitrogen and oxygen atoms in total. The van der Waals surface area contributed by atoms with Crippen LogP contribution in [0.2, 0.25) is 0 Å². The highest BCUT2D eigenvalue weighted by Gasteiger charge is 2.41. The molecule has 0 saturated carbocycles. The number of rotatable bonds is 11. The predicted molar refractivity (Wildman–Crippen MR) is 86.0 cm³/mol. The highest BCUT2D eigenvalue weighted by molar-refractivity contribution is 5.68. The fourth-order valence-corrected chi connectivity index (χ4v) is 2.23. The van der Waals surface area contributed by atoms with E-state index >= 15 is 0 Å². The van der Waals surface area contributed by atoms with Gasteiger partial charge in [0.2, 0.25) is 0 Å². The zero-order valence-electron chi connectivity index (χ0n) is 15.8. The van der Waals surface area contributed by atoms with Crippen LogP contribution in [0.3, 0.4) is 0 Å². The topological polar surface area (TPSA) is 124 Å². The average Bonchev–Trinajstić information content (AvgIpc) is 2.50. The van der Waals surface area contributed by atoms with Gasteiger partial charge in [-0.15, -0.1) is 0 Å². The van der Waals surface area contributed by atoms with Crippen LogP contribution in [0.1, 0.15) is 27.7 Å². The third-order valence-corrected chi connectivity index (χ3v) is 3.05. The summed E-state index contributed by atoms with van der Waals surface area (Å²) in [5, 5.41) is 0. The zero-order chi connectivity index (χ0) is 20.3. The van der Waals surface area contributed by atoms with Crippen molar-refractivity contribution in [3.05, 3.63) is 0 Å². The number of methoxy groups -OCH3 is 2. The molecule has 4 atom stereocenters. The molecule has 0 aliphatic heterocycles. The molecule has 0 fully saturated rings. The lowest BCUT2D eigenvalue weighted by atomic mass is 10.0. The second kappa shape index (κ2) is 12.2. The standard InChI is InChI=1S/C16H26O10/c1-9(17)23-8-14(25-11(3)19)16(26-12(4)20)15(22-6)13(7-21-5)24-10(2)18/h13-16H,7-8H2,1-6H3/t13-,14-,15-,16-/m0/s1. The van der Waals surface area contributed by atoms with E-state index < -0.39 is 48.3 Å². The predicted octanol–water partition coefficient (Wildman–Crippen LogP) is 0.00600. The van der Waals surface area contributed by atoms with Gasteiger partial charge in [-0.1, -0.05) is 0 Å². The second-order valence-corrected chi connectivity index (χ2v) is 5.33. The molecule has 150 valence electrons. The maximum atomic E-state index is 11.5. The Hall–Kier alpha value is -2.20.